The van der Waals surface area contributed by atoms with Crippen molar-refractivity contribution in [3.8, 4) is 5.75 Å². The standard InChI is InChI=1S/C27H46N2O3/c1-2-3-4-5-6-7-8-9-10-11-12-13-14-15-16-17-22-28-27(32)29-26(31)23-24-18-20-25(30)21-19-24/h18-21,30H,2-17,22-23H2,1H3,(H2,28,29,31,32). The van der Waals surface area contributed by atoms with Crippen LogP contribution < -0.4 is 10.6 Å². The number of phenols is 1. The van der Waals surface area contributed by atoms with Crippen molar-refractivity contribution in [3.63, 3.8) is 0 Å². The molecule has 0 radical (unpaired) electrons. The highest BCUT2D eigenvalue weighted by molar-refractivity contribution is 5.95. The Morgan fingerprint density at radius 2 is 1.12 bits per heavy atom. The van der Waals surface area contributed by atoms with Crippen molar-refractivity contribution >= 4 is 11.9 Å². The highest BCUT2D eigenvalue weighted by Crippen LogP contribution is 2.13. The lowest BCUT2D eigenvalue weighted by Crippen LogP contribution is -2.40. The van der Waals surface area contributed by atoms with Gasteiger partial charge in [0.05, 0.1) is 6.42 Å². The van der Waals surface area contributed by atoms with Crippen molar-refractivity contribution in [1.29, 1.82) is 0 Å². The Bertz CT molecular complexity index is 601. The summed E-state index contributed by atoms with van der Waals surface area (Å²) in [5.41, 5.74) is 0.755. The monoisotopic (exact) mass is 446 g/mol. The van der Waals surface area contributed by atoms with E-state index in [1.54, 1.807) is 12.1 Å². The number of hydrogen-bond acceptors (Lipinski definition) is 3. The molecule has 0 unspecified atom stereocenters. The molecule has 0 aliphatic rings. The van der Waals surface area contributed by atoms with E-state index in [1.165, 1.54) is 102 Å². The number of unbranched alkanes of at least 4 members (excludes halogenated alkanes) is 15. The highest BCUT2D eigenvalue weighted by Gasteiger charge is 2.08. The van der Waals surface area contributed by atoms with E-state index >= 15 is 0 Å². The fraction of sp³-hybridized carbons (Fsp3) is 0.704. The molecule has 0 aliphatic carbocycles. The van der Waals surface area contributed by atoms with Crippen LogP contribution in [0.4, 0.5) is 4.79 Å². The van der Waals surface area contributed by atoms with Gasteiger partial charge in [0.2, 0.25) is 5.91 Å². The average Bonchev–Trinajstić information content (AvgIpc) is 2.77. The molecule has 32 heavy (non-hydrogen) atoms. The third kappa shape index (κ3) is 16.6. The molecular weight excluding hydrogens is 400 g/mol. The molecule has 0 saturated heterocycles. The summed E-state index contributed by atoms with van der Waals surface area (Å²) in [5, 5.41) is 14.3. The number of imide groups is 1. The molecule has 1 rings (SSSR count). The number of hydrogen-bond donors (Lipinski definition) is 3. The fourth-order valence-electron chi connectivity index (χ4n) is 3.89. The first-order valence-corrected chi connectivity index (χ1v) is 13.0. The quantitative estimate of drug-likeness (QED) is 0.200. The molecule has 5 nitrogen and oxygen atoms in total. The van der Waals surface area contributed by atoms with Gasteiger partial charge in [0.1, 0.15) is 5.75 Å². The van der Waals surface area contributed by atoms with Gasteiger partial charge < -0.3 is 10.4 Å². The van der Waals surface area contributed by atoms with Crippen LogP contribution in [0.3, 0.4) is 0 Å². The molecule has 3 amide bonds. The Morgan fingerprint density at radius 1 is 0.688 bits per heavy atom. The Balaban J connectivity index is 1.83. The summed E-state index contributed by atoms with van der Waals surface area (Å²) in [6.45, 7) is 2.86. The smallest absolute Gasteiger partial charge is 0.321 e. The third-order valence-corrected chi connectivity index (χ3v) is 5.87. The Kier molecular flexibility index (Phi) is 17.2. The summed E-state index contributed by atoms with van der Waals surface area (Å²) in [7, 11) is 0. The van der Waals surface area contributed by atoms with Crippen LogP contribution in [0.25, 0.3) is 0 Å². The van der Waals surface area contributed by atoms with E-state index in [1.807, 2.05) is 0 Å². The van der Waals surface area contributed by atoms with Crippen LogP contribution in [0.1, 0.15) is 115 Å². The van der Waals surface area contributed by atoms with Crippen LogP contribution in [-0.4, -0.2) is 23.6 Å². The summed E-state index contributed by atoms with van der Waals surface area (Å²) in [6.07, 6.45) is 21.3. The second-order valence-corrected chi connectivity index (χ2v) is 8.95. The first-order chi connectivity index (χ1) is 15.6. The molecule has 0 aliphatic heterocycles. The van der Waals surface area contributed by atoms with E-state index in [2.05, 4.69) is 17.6 Å². The molecule has 0 bridgehead atoms. The lowest BCUT2D eigenvalue weighted by atomic mass is 10.0. The van der Waals surface area contributed by atoms with E-state index in [4.69, 9.17) is 0 Å². The maximum absolute atomic E-state index is 11.9. The van der Waals surface area contributed by atoms with Crippen LogP contribution in [0.15, 0.2) is 24.3 Å². The lowest BCUT2D eigenvalue weighted by molar-refractivity contribution is -0.119. The predicted octanol–water partition coefficient (Wildman–Crippen LogP) is 7.02. The van der Waals surface area contributed by atoms with Gasteiger partial charge in [-0.25, -0.2) is 4.79 Å². The van der Waals surface area contributed by atoms with E-state index < -0.39 is 6.03 Å². The minimum absolute atomic E-state index is 0.118. The van der Waals surface area contributed by atoms with Crippen LogP contribution >= 0.6 is 0 Å². The van der Waals surface area contributed by atoms with Crippen LogP contribution in [-0.2, 0) is 11.2 Å². The maximum Gasteiger partial charge on any atom is 0.321 e. The Labute approximate surface area is 195 Å². The molecule has 182 valence electrons. The molecular formula is C27H46N2O3. The van der Waals surface area contributed by atoms with E-state index in [9.17, 15) is 14.7 Å². The zero-order chi connectivity index (χ0) is 23.3. The van der Waals surface area contributed by atoms with Crippen molar-refractivity contribution in [3.05, 3.63) is 29.8 Å². The molecule has 0 spiro atoms. The zero-order valence-corrected chi connectivity index (χ0v) is 20.3. The second-order valence-electron chi connectivity index (χ2n) is 8.95. The van der Waals surface area contributed by atoms with Gasteiger partial charge in [0, 0.05) is 6.54 Å². The number of aromatic hydroxyl groups is 1. The number of rotatable bonds is 19. The minimum atomic E-state index is -0.435. The van der Waals surface area contributed by atoms with Gasteiger partial charge in [-0.1, -0.05) is 115 Å². The predicted molar refractivity (Wildman–Crippen MR) is 133 cm³/mol. The van der Waals surface area contributed by atoms with Crippen molar-refractivity contribution in [2.45, 2.75) is 116 Å². The van der Waals surface area contributed by atoms with Crippen LogP contribution in [0.5, 0.6) is 5.75 Å². The number of phenolic OH excluding ortho intramolecular Hbond substituents is 1. The molecule has 1 aromatic carbocycles. The molecule has 1 aromatic rings. The number of urea groups is 1. The first-order valence-electron chi connectivity index (χ1n) is 13.0. The normalized spacial score (nSPS) is 10.8. The topological polar surface area (TPSA) is 78.4 Å². The number of carbonyl (C=O) groups is 2. The van der Waals surface area contributed by atoms with Crippen LogP contribution in [0.2, 0.25) is 0 Å². The third-order valence-electron chi connectivity index (χ3n) is 5.87. The zero-order valence-electron chi connectivity index (χ0n) is 20.3. The van der Waals surface area contributed by atoms with Gasteiger partial charge in [0.25, 0.3) is 0 Å². The molecule has 0 atom stereocenters. The molecule has 0 heterocycles. The Morgan fingerprint density at radius 3 is 1.59 bits per heavy atom. The van der Waals surface area contributed by atoms with Crippen molar-refractivity contribution in [1.82, 2.24) is 10.6 Å². The van der Waals surface area contributed by atoms with E-state index in [-0.39, 0.29) is 18.1 Å². The average molecular weight is 447 g/mol. The van der Waals surface area contributed by atoms with Crippen molar-refractivity contribution in [2.75, 3.05) is 6.54 Å². The maximum atomic E-state index is 11.9. The minimum Gasteiger partial charge on any atom is -0.508 e. The van der Waals surface area contributed by atoms with Gasteiger partial charge in [0.15, 0.2) is 0 Å². The van der Waals surface area contributed by atoms with Gasteiger partial charge >= 0.3 is 6.03 Å². The fourth-order valence-corrected chi connectivity index (χ4v) is 3.89. The number of carbonyl (C=O) groups excluding carboxylic acids is 2. The number of amides is 3. The summed E-state index contributed by atoms with van der Waals surface area (Å²) < 4.78 is 0. The lowest BCUT2D eigenvalue weighted by Gasteiger charge is -2.07. The molecule has 0 aromatic heterocycles. The van der Waals surface area contributed by atoms with E-state index in [0.29, 0.717) is 6.54 Å². The molecule has 3 N–H and O–H groups in total. The summed E-state index contributed by atoms with van der Waals surface area (Å²) in [6, 6.07) is 5.96. The van der Waals surface area contributed by atoms with Gasteiger partial charge in [-0.3, -0.25) is 10.1 Å². The van der Waals surface area contributed by atoms with Crippen molar-refractivity contribution < 1.29 is 14.7 Å². The molecule has 0 saturated carbocycles. The van der Waals surface area contributed by atoms with Gasteiger partial charge in [-0.15, -0.1) is 0 Å². The van der Waals surface area contributed by atoms with Crippen LogP contribution in [0, 0.1) is 0 Å². The second kappa shape index (κ2) is 19.6. The van der Waals surface area contributed by atoms with Gasteiger partial charge in [-0.2, -0.15) is 0 Å². The molecule has 5 heteroatoms. The van der Waals surface area contributed by atoms with E-state index in [0.717, 1.165) is 18.4 Å². The number of benzene rings is 1. The van der Waals surface area contributed by atoms with Crippen molar-refractivity contribution in [2.24, 2.45) is 0 Å². The summed E-state index contributed by atoms with van der Waals surface area (Å²) in [4.78, 5) is 23.6. The number of nitrogens with one attached hydrogen (secondary N) is 2. The SMILES string of the molecule is CCCCCCCCCCCCCCCCCCNC(=O)NC(=O)Cc1ccc(O)cc1. The molecule has 0 fully saturated rings. The highest BCUT2D eigenvalue weighted by atomic mass is 16.3. The summed E-state index contributed by atoms with van der Waals surface area (Å²) >= 11 is 0. The Hall–Kier alpha value is -2.04. The summed E-state index contributed by atoms with van der Waals surface area (Å²) in [5.74, 6) is -0.189. The van der Waals surface area contributed by atoms with Gasteiger partial charge in [-0.05, 0) is 24.1 Å². The first kappa shape index (κ1) is 28.0. The largest absolute Gasteiger partial charge is 0.508 e.